The van der Waals surface area contributed by atoms with Gasteiger partial charge in [-0.2, -0.15) is 0 Å². The Labute approximate surface area is 110 Å². The molecule has 1 aromatic carbocycles. The van der Waals surface area contributed by atoms with E-state index in [1.54, 1.807) is 6.07 Å². The lowest BCUT2D eigenvalue weighted by Crippen LogP contribution is -2.09. The second-order valence-corrected chi connectivity index (χ2v) is 3.70. The van der Waals surface area contributed by atoms with Crippen molar-refractivity contribution in [3.05, 3.63) is 33.8 Å². The summed E-state index contributed by atoms with van der Waals surface area (Å²) in [4.78, 5) is 11.6. The summed E-state index contributed by atoms with van der Waals surface area (Å²) >= 11 is 11.5. The minimum Gasteiger partial charge on any atom is -0.484 e. The Kier molecular flexibility index (Phi) is 6.41. The van der Waals surface area contributed by atoms with E-state index in [0.717, 1.165) is 0 Å². The van der Waals surface area contributed by atoms with Crippen molar-refractivity contribution in [1.82, 2.24) is 0 Å². The summed E-state index contributed by atoms with van der Waals surface area (Å²) in [6, 6.07) is 4.61. The molecular formula is C10H10Cl3NO2. The number of hydrogen-bond acceptors (Lipinski definition) is 3. The van der Waals surface area contributed by atoms with Gasteiger partial charge < -0.3 is 4.74 Å². The molecule has 0 radical (unpaired) electrons. The van der Waals surface area contributed by atoms with E-state index >= 15 is 0 Å². The van der Waals surface area contributed by atoms with E-state index < -0.39 is 0 Å². The summed E-state index contributed by atoms with van der Waals surface area (Å²) < 4.78 is 4.60. The molecule has 0 spiro atoms. The van der Waals surface area contributed by atoms with Crippen LogP contribution in [0.5, 0.6) is 0 Å². The average Bonchev–Trinajstić information content (AvgIpc) is 2.17. The van der Waals surface area contributed by atoms with Crippen molar-refractivity contribution in [1.29, 1.82) is 5.41 Å². The summed E-state index contributed by atoms with van der Waals surface area (Å²) in [5, 5.41) is 7.98. The van der Waals surface area contributed by atoms with Gasteiger partial charge in [0.1, 0.15) is 0 Å². The van der Waals surface area contributed by atoms with E-state index in [2.05, 4.69) is 4.74 Å². The zero-order chi connectivity index (χ0) is 11.4. The predicted molar refractivity (Wildman–Crippen MR) is 67.4 cm³/mol. The first-order valence-electron chi connectivity index (χ1n) is 4.14. The van der Waals surface area contributed by atoms with Gasteiger partial charge in [-0.3, -0.25) is 10.2 Å². The molecular weight excluding hydrogens is 272 g/mol. The molecule has 0 fully saturated rings. The van der Waals surface area contributed by atoms with Crippen LogP contribution in [0.3, 0.4) is 0 Å². The molecule has 0 heterocycles. The molecule has 0 aromatic heterocycles. The molecule has 0 amide bonds. The maximum atomic E-state index is 11.6. The zero-order valence-electron chi connectivity index (χ0n) is 8.42. The highest BCUT2D eigenvalue weighted by molar-refractivity contribution is 6.37. The molecule has 0 aliphatic rings. The van der Waals surface area contributed by atoms with E-state index in [-0.39, 0.29) is 35.5 Å². The maximum absolute atomic E-state index is 11.6. The second-order valence-electron chi connectivity index (χ2n) is 2.85. The van der Waals surface area contributed by atoms with Crippen molar-refractivity contribution in [2.24, 2.45) is 0 Å². The molecule has 0 atom stereocenters. The van der Waals surface area contributed by atoms with Crippen LogP contribution < -0.4 is 0 Å². The van der Waals surface area contributed by atoms with Gasteiger partial charge in [-0.15, -0.1) is 12.4 Å². The van der Waals surface area contributed by atoms with Crippen LogP contribution in [0.25, 0.3) is 0 Å². The highest BCUT2D eigenvalue weighted by Crippen LogP contribution is 2.22. The normalized spacial score (nSPS) is 9.19. The van der Waals surface area contributed by atoms with E-state index in [0.29, 0.717) is 10.6 Å². The molecule has 1 rings (SSSR count). The first-order chi connectivity index (χ1) is 7.04. The molecule has 0 bridgehead atoms. The number of carbonyl (C=O) groups excluding carboxylic acids is 1. The van der Waals surface area contributed by atoms with Gasteiger partial charge in [-0.25, -0.2) is 0 Å². The minimum absolute atomic E-state index is 0. The highest BCUT2D eigenvalue weighted by Gasteiger charge is 2.13. The lowest BCUT2D eigenvalue weighted by molar-refractivity contribution is 0.0994. The van der Waals surface area contributed by atoms with Crippen LogP contribution in [-0.2, 0) is 4.74 Å². The Morgan fingerprint density at radius 1 is 1.44 bits per heavy atom. The molecule has 6 heteroatoms. The first-order valence-corrected chi connectivity index (χ1v) is 4.90. The van der Waals surface area contributed by atoms with Crippen LogP contribution in [0.2, 0.25) is 10.0 Å². The summed E-state index contributed by atoms with van der Waals surface area (Å²) in [5.74, 6) is -0.352. The van der Waals surface area contributed by atoms with Gasteiger partial charge in [0.25, 0.3) is 0 Å². The smallest absolute Gasteiger partial charge is 0.188 e. The van der Waals surface area contributed by atoms with Gasteiger partial charge in [0.15, 0.2) is 11.7 Å². The summed E-state index contributed by atoms with van der Waals surface area (Å²) in [5.41, 5.74) is 0.350. The molecule has 1 aromatic rings. The third-order valence-electron chi connectivity index (χ3n) is 1.80. The first kappa shape index (κ1) is 15.2. The lowest BCUT2D eigenvalue weighted by Gasteiger charge is -2.04. The van der Waals surface area contributed by atoms with Crippen LogP contribution in [0.15, 0.2) is 18.2 Å². The summed E-state index contributed by atoms with van der Waals surface area (Å²) in [6.45, 7) is 0. The quantitative estimate of drug-likeness (QED) is 0.523. The van der Waals surface area contributed by atoms with Crippen LogP contribution >= 0.6 is 35.6 Å². The number of Topliss-reactive ketones (excluding diaryl/α,β-unsaturated/α-hetero) is 1. The van der Waals surface area contributed by atoms with E-state index in [9.17, 15) is 4.79 Å². The van der Waals surface area contributed by atoms with Crippen molar-refractivity contribution in [2.75, 3.05) is 7.11 Å². The van der Waals surface area contributed by atoms with Crippen molar-refractivity contribution < 1.29 is 9.53 Å². The zero-order valence-corrected chi connectivity index (χ0v) is 10.7. The Bertz CT molecular complexity index is 407. The fourth-order valence-electron chi connectivity index (χ4n) is 1.03. The number of benzene rings is 1. The van der Waals surface area contributed by atoms with Gasteiger partial charge in [-0.1, -0.05) is 23.2 Å². The van der Waals surface area contributed by atoms with E-state index in [4.69, 9.17) is 28.6 Å². The monoisotopic (exact) mass is 281 g/mol. The Morgan fingerprint density at radius 2 is 2.06 bits per heavy atom. The second kappa shape index (κ2) is 6.74. The number of halogens is 3. The standard InChI is InChI=1S/C10H9Cl2NO2.ClH/c1-15-10(13)5-9(14)7-3-2-6(11)4-8(7)12;/h2-4,13H,5H2,1H3;1H. The van der Waals surface area contributed by atoms with Crippen molar-refractivity contribution >= 4 is 47.3 Å². The molecule has 88 valence electrons. The summed E-state index contributed by atoms with van der Waals surface area (Å²) in [6.07, 6.45) is -0.0994. The SMILES string of the molecule is COC(=N)CC(=O)c1ccc(Cl)cc1Cl.Cl. The lowest BCUT2D eigenvalue weighted by atomic mass is 10.1. The minimum atomic E-state index is -0.261. The third-order valence-corrected chi connectivity index (χ3v) is 2.35. The van der Waals surface area contributed by atoms with E-state index in [1.165, 1.54) is 19.2 Å². The van der Waals surface area contributed by atoms with Gasteiger partial charge in [0.05, 0.1) is 18.6 Å². The Balaban J connectivity index is 0.00000225. The van der Waals surface area contributed by atoms with Crippen LogP contribution in [0.1, 0.15) is 16.8 Å². The Morgan fingerprint density at radius 3 is 2.56 bits per heavy atom. The third kappa shape index (κ3) is 4.00. The number of ether oxygens (including phenoxy) is 1. The fraction of sp³-hybridized carbons (Fsp3) is 0.200. The molecule has 0 unspecified atom stereocenters. The van der Waals surface area contributed by atoms with Gasteiger partial charge in [-0.05, 0) is 18.2 Å². The molecule has 0 saturated heterocycles. The predicted octanol–water partition coefficient (Wildman–Crippen LogP) is 3.61. The number of methoxy groups -OCH3 is 1. The molecule has 1 N–H and O–H groups in total. The number of ketones is 1. The van der Waals surface area contributed by atoms with Crippen molar-refractivity contribution in [3.63, 3.8) is 0 Å². The number of rotatable bonds is 3. The Hall–Kier alpha value is -0.770. The fourth-order valence-corrected chi connectivity index (χ4v) is 1.54. The number of nitrogens with one attached hydrogen (secondary N) is 1. The molecule has 0 saturated carbocycles. The number of hydrogen-bond donors (Lipinski definition) is 1. The highest BCUT2D eigenvalue weighted by atomic mass is 35.5. The molecule has 3 nitrogen and oxygen atoms in total. The molecule has 0 aliphatic carbocycles. The van der Waals surface area contributed by atoms with E-state index in [1.807, 2.05) is 0 Å². The molecule has 16 heavy (non-hydrogen) atoms. The maximum Gasteiger partial charge on any atom is 0.188 e. The summed E-state index contributed by atoms with van der Waals surface area (Å²) in [7, 11) is 1.35. The van der Waals surface area contributed by atoms with Gasteiger partial charge in [0.2, 0.25) is 0 Å². The van der Waals surface area contributed by atoms with Gasteiger partial charge in [0, 0.05) is 10.6 Å². The van der Waals surface area contributed by atoms with Crippen LogP contribution in [0, 0.1) is 5.41 Å². The molecule has 0 aliphatic heterocycles. The topological polar surface area (TPSA) is 50.1 Å². The van der Waals surface area contributed by atoms with Gasteiger partial charge >= 0.3 is 0 Å². The van der Waals surface area contributed by atoms with Crippen LogP contribution in [0.4, 0.5) is 0 Å². The largest absolute Gasteiger partial charge is 0.484 e. The number of carbonyl (C=O) groups is 1. The van der Waals surface area contributed by atoms with Crippen molar-refractivity contribution in [2.45, 2.75) is 6.42 Å². The van der Waals surface area contributed by atoms with Crippen molar-refractivity contribution in [3.8, 4) is 0 Å². The van der Waals surface area contributed by atoms with Crippen LogP contribution in [-0.4, -0.2) is 18.8 Å². The average molecular weight is 283 g/mol.